The molecule has 2 rings (SSSR count). The molecule has 0 aliphatic rings. The number of para-hydroxylation sites is 1. The summed E-state index contributed by atoms with van der Waals surface area (Å²) in [6.07, 6.45) is 1.36. The summed E-state index contributed by atoms with van der Waals surface area (Å²) >= 11 is 0. The highest BCUT2D eigenvalue weighted by Gasteiger charge is 2.07. The van der Waals surface area contributed by atoms with Crippen molar-refractivity contribution in [2.24, 2.45) is 0 Å². The Hall–Kier alpha value is -2.23. The largest absolute Gasteiger partial charge is 0.478 e. The van der Waals surface area contributed by atoms with Crippen LogP contribution in [0.15, 0.2) is 47.1 Å². The molecule has 1 heterocycles. The van der Waals surface area contributed by atoms with Crippen LogP contribution in [0.25, 0.3) is 0 Å². The molecule has 0 spiro atoms. The van der Waals surface area contributed by atoms with Gasteiger partial charge in [-0.3, -0.25) is 0 Å². The SMILES string of the molecule is Cc1occc1C(=O)O.Nc1ccccc1. The molecule has 0 unspecified atom stereocenters. The van der Waals surface area contributed by atoms with Gasteiger partial charge in [-0.1, -0.05) is 18.2 Å². The standard InChI is InChI=1S/C6H7N.C6H6O3/c7-6-4-2-1-3-5-6;1-4-5(6(7)8)2-3-9-4/h1-5H,7H2;2-3H,1H3,(H,7,8). The molecule has 1 aromatic heterocycles. The van der Waals surface area contributed by atoms with Crippen molar-refractivity contribution in [3.8, 4) is 0 Å². The van der Waals surface area contributed by atoms with E-state index >= 15 is 0 Å². The summed E-state index contributed by atoms with van der Waals surface area (Å²) in [6.45, 7) is 1.61. The molecular formula is C12H13NO3. The summed E-state index contributed by atoms with van der Waals surface area (Å²) in [4.78, 5) is 10.2. The maximum absolute atomic E-state index is 10.2. The van der Waals surface area contributed by atoms with E-state index in [-0.39, 0.29) is 5.56 Å². The van der Waals surface area contributed by atoms with E-state index in [0.717, 1.165) is 5.69 Å². The van der Waals surface area contributed by atoms with Crippen LogP contribution in [0.5, 0.6) is 0 Å². The zero-order valence-corrected chi connectivity index (χ0v) is 8.88. The maximum Gasteiger partial charge on any atom is 0.339 e. The first-order valence-corrected chi connectivity index (χ1v) is 4.69. The Morgan fingerprint density at radius 2 is 1.88 bits per heavy atom. The van der Waals surface area contributed by atoms with Gasteiger partial charge in [0, 0.05) is 5.69 Å². The fraction of sp³-hybridized carbons (Fsp3) is 0.0833. The van der Waals surface area contributed by atoms with Crippen molar-refractivity contribution in [1.29, 1.82) is 0 Å². The highest BCUT2D eigenvalue weighted by atomic mass is 16.4. The maximum atomic E-state index is 10.2. The quantitative estimate of drug-likeness (QED) is 0.722. The van der Waals surface area contributed by atoms with Gasteiger partial charge >= 0.3 is 5.97 Å². The van der Waals surface area contributed by atoms with Crippen molar-refractivity contribution in [2.45, 2.75) is 6.92 Å². The van der Waals surface area contributed by atoms with Crippen molar-refractivity contribution < 1.29 is 14.3 Å². The van der Waals surface area contributed by atoms with Gasteiger partial charge in [0.2, 0.25) is 0 Å². The number of benzene rings is 1. The van der Waals surface area contributed by atoms with Crippen molar-refractivity contribution in [2.75, 3.05) is 5.73 Å². The van der Waals surface area contributed by atoms with Gasteiger partial charge in [0.1, 0.15) is 11.3 Å². The Bertz CT molecular complexity index is 448. The molecule has 84 valence electrons. The molecule has 1 aromatic carbocycles. The molecule has 0 radical (unpaired) electrons. The lowest BCUT2D eigenvalue weighted by Crippen LogP contribution is -1.94. The van der Waals surface area contributed by atoms with E-state index in [1.807, 2.05) is 30.3 Å². The van der Waals surface area contributed by atoms with Crippen LogP contribution in [-0.4, -0.2) is 11.1 Å². The molecule has 4 nitrogen and oxygen atoms in total. The Kier molecular flexibility index (Phi) is 4.15. The van der Waals surface area contributed by atoms with Gasteiger partial charge in [0.15, 0.2) is 0 Å². The topological polar surface area (TPSA) is 76.5 Å². The molecule has 3 N–H and O–H groups in total. The number of carboxylic acid groups (broad SMARTS) is 1. The first-order chi connectivity index (χ1) is 7.61. The van der Waals surface area contributed by atoms with Gasteiger partial charge in [-0.15, -0.1) is 0 Å². The molecular weight excluding hydrogens is 206 g/mol. The van der Waals surface area contributed by atoms with Crippen molar-refractivity contribution >= 4 is 11.7 Å². The van der Waals surface area contributed by atoms with Gasteiger partial charge in [-0.25, -0.2) is 4.79 Å². The van der Waals surface area contributed by atoms with Gasteiger partial charge in [-0.05, 0) is 25.1 Å². The highest BCUT2D eigenvalue weighted by Crippen LogP contribution is 2.07. The van der Waals surface area contributed by atoms with E-state index in [4.69, 9.17) is 15.3 Å². The monoisotopic (exact) mass is 219 g/mol. The van der Waals surface area contributed by atoms with Crippen LogP contribution in [0.4, 0.5) is 5.69 Å². The third-order valence-electron chi connectivity index (χ3n) is 1.89. The number of aromatic carboxylic acids is 1. The zero-order chi connectivity index (χ0) is 12.0. The molecule has 0 bridgehead atoms. The second kappa shape index (κ2) is 5.60. The molecule has 0 fully saturated rings. The lowest BCUT2D eigenvalue weighted by atomic mass is 10.3. The number of anilines is 1. The van der Waals surface area contributed by atoms with E-state index in [9.17, 15) is 4.79 Å². The van der Waals surface area contributed by atoms with Crippen LogP contribution >= 0.6 is 0 Å². The Morgan fingerprint density at radius 1 is 1.25 bits per heavy atom. The second-order valence-electron chi connectivity index (χ2n) is 3.11. The first kappa shape index (κ1) is 11.8. The average Bonchev–Trinajstić information content (AvgIpc) is 2.66. The fourth-order valence-corrected chi connectivity index (χ4v) is 1.06. The Balaban J connectivity index is 0.000000165. The van der Waals surface area contributed by atoms with Gasteiger partial charge in [-0.2, -0.15) is 0 Å². The number of nitrogens with two attached hydrogens (primary N) is 1. The van der Waals surface area contributed by atoms with Crippen LogP contribution in [0.1, 0.15) is 16.1 Å². The molecule has 4 heteroatoms. The first-order valence-electron chi connectivity index (χ1n) is 4.69. The van der Waals surface area contributed by atoms with Crippen LogP contribution in [0.2, 0.25) is 0 Å². The summed E-state index contributed by atoms with van der Waals surface area (Å²) in [5.41, 5.74) is 6.41. The second-order valence-corrected chi connectivity index (χ2v) is 3.11. The smallest absolute Gasteiger partial charge is 0.339 e. The molecule has 0 amide bonds. The summed E-state index contributed by atoms with van der Waals surface area (Å²) < 4.78 is 4.74. The lowest BCUT2D eigenvalue weighted by Gasteiger charge is -1.85. The number of rotatable bonds is 1. The highest BCUT2D eigenvalue weighted by molar-refractivity contribution is 5.88. The molecule has 0 atom stereocenters. The number of nitrogen functional groups attached to an aromatic ring is 1. The molecule has 0 saturated heterocycles. The van der Waals surface area contributed by atoms with Crippen LogP contribution in [0.3, 0.4) is 0 Å². The minimum atomic E-state index is -0.943. The number of furan rings is 1. The summed E-state index contributed by atoms with van der Waals surface area (Å²) in [7, 11) is 0. The predicted molar refractivity (Wildman–Crippen MR) is 61.3 cm³/mol. The summed E-state index contributed by atoms with van der Waals surface area (Å²) in [6, 6.07) is 10.9. The number of carboxylic acids is 1. The minimum Gasteiger partial charge on any atom is -0.478 e. The summed E-state index contributed by atoms with van der Waals surface area (Å²) in [5.74, 6) is -0.497. The van der Waals surface area contributed by atoms with Crippen LogP contribution in [0, 0.1) is 6.92 Å². The Labute approximate surface area is 93.3 Å². The number of carbonyl (C=O) groups is 1. The fourth-order valence-electron chi connectivity index (χ4n) is 1.06. The van der Waals surface area contributed by atoms with Crippen LogP contribution < -0.4 is 5.73 Å². The number of aryl methyl sites for hydroxylation is 1. The minimum absolute atomic E-state index is 0.231. The molecule has 0 aliphatic carbocycles. The van der Waals surface area contributed by atoms with E-state index < -0.39 is 5.97 Å². The zero-order valence-electron chi connectivity index (χ0n) is 8.88. The van der Waals surface area contributed by atoms with Crippen molar-refractivity contribution in [3.63, 3.8) is 0 Å². The van der Waals surface area contributed by atoms with Crippen LogP contribution in [-0.2, 0) is 0 Å². The van der Waals surface area contributed by atoms with Gasteiger partial charge in [0.05, 0.1) is 6.26 Å². The molecule has 0 aliphatic heterocycles. The normalized spacial score (nSPS) is 9.06. The van der Waals surface area contributed by atoms with Crippen molar-refractivity contribution in [3.05, 3.63) is 54.0 Å². The third-order valence-corrected chi connectivity index (χ3v) is 1.89. The van der Waals surface area contributed by atoms with E-state index in [1.54, 1.807) is 6.92 Å². The molecule has 2 aromatic rings. The van der Waals surface area contributed by atoms with Crippen molar-refractivity contribution in [1.82, 2.24) is 0 Å². The summed E-state index contributed by atoms with van der Waals surface area (Å²) in [5, 5.41) is 8.39. The third kappa shape index (κ3) is 3.49. The lowest BCUT2D eigenvalue weighted by molar-refractivity contribution is 0.0695. The number of hydrogen-bond acceptors (Lipinski definition) is 3. The average molecular weight is 219 g/mol. The van der Waals surface area contributed by atoms with E-state index in [0.29, 0.717) is 5.76 Å². The van der Waals surface area contributed by atoms with E-state index in [2.05, 4.69) is 0 Å². The molecule has 16 heavy (non-hydrogen) atoms. The van der Waals surface area contributed by atoms with Gasteiger partial charge < -0.3 is 15.3 Å². The predicted octanol–water partition coefficient (Wildman–Crippen LogP) is 2.56. The Morgan fingerprint density at radius 3 is 2.12 bits per heavy atom. The number of hydrogen-bond donors (Lipinski definition) is 2. The van der Waals surface area contributed by atoms with Gasteiger partial charge in [0.25, 0.3) is 0 Å². The molecule has 0 saturated carbocycles. The van der Waals surface area contributed by atoms with E-state index in [1.165, 1.54) is 12.3 Å².